The molecule has 0 saturated carbocycles. The number of benzene rings is 1. The fraction of sp³-hybridized carbons (Fsp3) is 0.500. The van der Waals surface area contributed by atoms with Gasteiger partial charge in [-0.3, -0.25) is 9.59 Å². The van der Waals surface area contributed by atoms with Gasteiger partial charge in [-0.1, -0.05) is 6.07 Å². The number of rotatable bonds is 5. The third-order valence-corrected chi connectivity index (χ3v) is 3.77. The molecule has 1 aliphatic heterocycles. The molecule has 0 aliphatic carbocycles. The summed E-state index contributed by atoms with van der Waals surface area (Å²) < 4.78 is 15.6. The van der Waals surface area contributed by atoms with Crippen LogP contribution in [0.25, 0.3) is 0 Å². The molecule has 1 amide bonds. The van der Waals surface area contributed by atoms with Crippen LogP contribution in [0.2, 0.25) is 0 Å². The summed E-state index contributed by atoms with van der Waals surface area (Å²) in [6.45, 7) is 1.05. The molecule has 0 bridgehead atoms. The van der Waals surface area contributed by atoms with Crippen LogP contribution in [-0.4, -0.2) is 62.4 Å². The van der Waals surface area contributed by atoms with E-state index >= 15 is 0 Å². The Hall–Kier alpha value is -2.28. The van der Waals surface area contributed by atoms with E-state index in [-0.39, 0.29) is 25.5 Å². The van der Waals surface area contributed by atoms with Gasteiger partial charge in [-0.2, -0.15) is 0 Å². The van der Waals surface area contributed by atoms with Crippen LogP contribution in [0.3, 0.4) is 0 Å². The number of hydrogen-bond acceptors (Lipinski definition) is 5. The summed E-state index contributed by atoms with van der Waals surface area (Å²) in [5, 5.41) is 9.13. The molecule has 0 aromatic heterocycles. The van der Waals surface area contributed by atoms with Gasteiger partial charge in [0.05, 0.1) is 39.8 Å². The molecular formula is C16H21NO6. The van der Waals surface area contributed by atoms with Gasteiger partial charge >= 0.3 is 5.97 Å². The van der Waals surface area contributed by atoms with Crippen LogP contribution >= 0.6 is 0 Å². The molecule has 2 rings (SSSR count). The monoisotopic (exact) mass is 323 g/mol. The predicted molar refractivity (Wildman–Crippen MR) is 81.8 cm³/mol. The summed E-state index contributed by atoms with van der Waals surface area (Å²) in [7, 11) is 3.08. The Morgan fingerprint density at radius 1 is 1.30 bits per heavy atom. The normalized spacial score (nSPS) is 18.2. The molecule has 1 atom stereocenters. The maximum absolute atomic E-state index is 12.4. The molecule has 1 fully saturated rings. The molecule has 23 heavy (non-hydrogen) atoms. The first-order valence-corrected chi connectivity index (χ1v) is 7.34. The van der Waals surface area contributed by atoms with E-state index in [1.165, 1.54) is 7.11 Å². The van der Waals surface area contributed by atoms with E-state index in [0.29, 0.717) is 24.7 Å². The number of carbonyl (C=O) groups is 2. The average molecular weight is 323 g/mol. The molecule has 0 spiro atoms. The molecular weight excluding hydrogens is 302 g/mol. The molecule has 1 aromatic rings. The highest BCUT2D eigenvalue weighted by molar-refractivity contribution is 5.80. The van der Waals surface area contributed by atoms with Crippen molar-refractivity contribution in [1.29, 1.82) is 0 Å². The summed E-state index contributed by atoms with van der Waals surface area (Å²) >= 11 is 0. The lowest BCUT2D eigenvalue weighted by Gasteiger charge is -2.22. The lowest BCUT2D eigenvalue weighted by Crippen LogP contribution is -2.38. The Bertz CT molecular complexity index is 574. The standard InChI is InChI=1S/C16H21NO6/c1-21-13-4-3-11(7-14(13)22-2)8-15(18)17-5-6-23-10-12(9-17)16(19)20/h3-4,7,12H,5-6,8-10H2,1-2H3,(H,19,20). The molecule has 1 N–H and O–H groups in total. The van der Waals surface area contributed by atoms with E-state index in [1.54, 1.807) is 30.2 Å². The number of ether oxygens (including phenoxy) is 3. The number of amides is 1. The van der Waals surface area contributed by atoms with Crippen molar-refractivity contribution in [2.75, 3.05) is 40.5 Å². The molecule has 1 aliphatic rings. The zero-order valence-corrected chi connectivity index (χ0v) is 13.3. The van der Waals surface area contributed by atoms with E-state index < -0.39 is 11.9 Å². The van der Waals surface area contributed by atoms with E-state index in [2.05, 4.69) is 0 Å². The second kappa shape index (κ2) is 7.82. The predicted octanol–water partition coefficient (Wildman–Crippen LogP) is 0.806. The van der Waals surface area contributed by atoms with Gasteiger partial charge < -0.3 is 24.2 Å². The van der Waals surface area contributed by atoms with Gasteiger partial charge in [-0.05, 0) is 17.7 Å². The van der Waals surface area contributed by atoms with Gasteiger partial charge in [-0.15, -0.1) is 0 Å². The van der Waals surface area contributed by atoms with Crippen LogP contribution in [0.5, 0.6) is 11.5 Å². The summed E-state index contributed by atoms with van der Waals surface area (Å²) in [5.74, 6) is -0.616. The van der Waals surface area contributed by atoms with Gasteiger partial charge in [0.2, 0.25) is 5.91 Å². The number of carboxylic acids is 1. The SMILES string of the molecule is COc1ccc(CC(=O)N2CCOCC(C(=O)O)C2)cc1OC. The third kappa shape index (κ3) is 4.35. The van der Waals surface area contributed by atoms with Crippen molar-refractivity contribution in [3.63, 3.8) is 0 Å². The van der Waals surface area contributed by atoms with Gasteiger partial charge in [0, 0.05) is 13.1 Å². The molecule has 1 unspecified atom stereocenters. The minimum Gasteiger partial charge on any atom is -0.493 e. The second-order valence-corrected chi connectivity index (χ2v) is 5.32. The highest BCUT2D eigenvalue weighted by Gasteiger charge is 2.27. The Labute approximate surface area is 134 Å². The first-order valence-electron chi connectivity index (χ1n) is 7.34. The van der Waals surface area contributed by atoms with Crippen LogP contribution in [-0.2, 0) is 20.7 Å². The van der Waals surface area contributed by atoms with Gasteiger partial charge in [-0.25, -0.2) is 0 Å². The van der Waals surface area contributed by atoms with Gasteiger partial charge in [0.25, 0.3) is 0 Å². The third-order valence-electron chi connectivity index (χ3n) is 3.77. The van der Waals surface area contributed by atoms with Crippen molar-refractivity contribution in [3.8, 4) is 11.5 Å². The smallest absolute Gasteiger partial charge is 0.310 e. The Kier molecular flexibility index (Phi) is 5.81. The fourth-order valence-electron chi connectivity index (χ4n) is 2.46. The first-order chi connectivity index (χ1) is 11.0. The lowest BCUT2D eigenvalue weighted by atomic mass is 10.1. The Morgan fingerprint density at radius 3 is 2.70 bits per heavy atom. The van der Waals surface area contributed by atoms with Gasteiger partial charge in [0.15, 0.2) is 11.5 Å². The van der Waals surface area contributed by atoms with Crippen molar-refractivity contribution in [2.45, 2.75) is 6.42 Å². The molecule has 1 heterocycles. The second-order valence-electron chi connectivity index (χ2n) is 5.32. The quantitative estimate of drug-likeness (QED) is 0.863. The maximum atomic E-state index is 12.4. The Morgan fingerprint density at radius 2 is 2.04 bits per heavy atom. The van der Waals surface area contributed by atoms with Crippen LogP contribution in [0.15, 0.2) is 18.2 Å². The summed E-state index contributed by atoms with van der Waals surface area (Å²) in [4.78, 5) is 25.1. The Balaban J connectivity index is 2.07. The molecule has 7 heteroatoms. The number of hydrogen-bond donors (Lipinski definition) is 1. The minimum atomic E-state index is -0.948. The molecule has 126 valence electrons. The van der Waals surface area contributed by atoms with Crippen LogP contribution in [0.4, 0.5) is 0 Å². The highest BCUT2D eigenvalue weighted by Crippen LogP contribution is 2.27. The minimum absolute atomic E-state index is 0.131. The molecule has 1 saturated heterocycles. The van der Waals surface area contributed by atoms with Crippen molar-refractivity contribution in [3.05, 3.63) is 23.8 Å². The number of carboxylic acid groups (broad SMARTS) is 1. The maximum Gasteiger partial charge on any atom is 0.310 e. The number of nitrogens with zero attached hydrogens (tertiary/aromatic N) is 1. The fourth-order valence-corrected chi connectivity index (χ4v) is 2.46. The van der Waals surface area contributed by atoms with Crippen molar-refractivity contribution < 1.29 is 28.9 Å². The van der Waals surface area contributed by atoms with Crippen LogP contribution < -0.4 is 9.47 Å². The lowest BCUT2D eigenvalue weighted by molar-refractivity contribution is -0.144. The van der Waals surface area contributed by atoms with Crippen LogP contribution in [0.1, 0.15) is 5.56 Å². The van der Waals surface area contributed by atoms with Crippen LogP contribution in [0, 0.1) is 5.92 Å². The summed E-state index contributed by atoms with van der Waals surface area (Å²) in [6.07, 6.45) is 0.173. The largest absolute Gasteiger partial charge is 0.493 e. The van der Waals surface area contributed by atoms with Gasteiger partial charge in [0.1, 0.15) is 0 Å². The molecule has 7 nitrogen and oxygen atoms in total. The van der Waals surface area contributed by atoms with E-state index in [9.17, 15) is 9.59 Å². The average Bonchev–Trinajstić information content (AvgIpc) is 2.81. The molecule has 1 aromatic carbocycles. The number of carbonyl (C=O) groups excluding carboxylic acids is 1. The van der Waals surface area contributed by atoms with E-state index in [4.69, 9.17) is 19.3 Å². The van der Waals surface area contributed by atoms with E-state index in [0.717, 1.165) is 5.56 Å². The number of methoxy groups -OCH3 is 2. The van der Waals surface area contributed by atoms with E-state index in [1.807, 2.05) is 0 Å². The zero-order chi connectivity index (χ0) is 16.8. The topological polar surface area (TPSA) is 85.3 Å². The van der Waals surface area contributed by atoms with Crippen molar-refractivity contribution in [2.24, 2.45) is 5.92 Å². The summed E-state index contributed by atoms with van der Waals surface area (Å²) in [6, 6.07) is 5.29. The summed E-state index contributed by atoms with van der Waals surface area (Å²) in [5.41, 5.74) is 0.782. The molecule has 0 radical (unpaired) electrons. The zero-order valence-electron chi connectivity index (χ0n) is 13.3. The van der Waals surface area contributed by atoms with Crippen molar-refractivity contribution in [1.82, 2.24) is 4.90 Å². The van der Waals surface area contributed by atoms with Crippen molar-refractivity contribution >= 4 is 11.9 Å². The number of aliphatic carboxylic acids is 1. The highest BCUT2D eigenvalue weighted by atomic mass is 16.5. The first kappa shape index (κ1) is 17.1.